The number of ether oxygens (including phenoxy) is 1. The van der Waals surface area contributed by atoms with E-state index in [1.165, 1.54) is 7.11 Å². The minimum atomic E-state index is -0.956. The molecule has 102 valence electrons. The number of carbonyl (C=O) groups excluding carboxylic acids is 1. The predicted octanol–water partition coefficient (Wildman–Crippen LogP) is 0.727. The van der Waals surface area contributed by atoms with E-state index in [4.69, 9.17) is 9.57 Å². The van der Waals surface area contributed by atoms with E-state index in [2.05, 4.69) is 0 Å². The van der Waals surface area contributed by atoms with Gasteiger partial charge in [-0.2, -0.15) is 0 Å². The van der Waals surface area contributed by atoms with Crippen LogP contribution in [0.15, 0.2) is 30.3 Å². The Labute approximate surface area is 111 Å². The second-order valence-electron chi connectivity index (χ2n) is 4.45. The van der Waals surface area contributed by atoms with Crippen LogP contribution in [-0.4, -0.2) is 48.9 Å². The normalized spacial score (nSPS) is 22.1. The first-order valence-electron chi connectivity index (χ1n) is 5.87. The third-order valence-corrected chi connectivity index (χ3v) is 3.03. The molecule has 0 saturated carbocycles. The van der Waals surface area contributed by atoms with Crippen molar-refractivity contribution in [3.63, 3.8) is 0 Å². The standard InChI is InChI=1S/C13H16N2O4/c1-14(2)12-10(9-7-5-4-6-8-9)11(13(16)18-3)19-15(12)17/h4-8,10-11H,1-3H3/t10-,11+/m0/s1. The van der Waals surface area contributed by atoms with Crippen molar-refractivity contribution < 1.29 is 19.3 Å². The molecule has 1 aliphatic heterocycles. The molecular formula is C13H16N2O4. The summed E-state index contributed by atoms with van der Waals surface area (Å²) in [5.74, 6) is -0.658. The van der Waals surface area contributed by atoms with Crippen LogP contribution in [0.4, 0.5) is 0 Å². The summed E-state index contributed by atoms with van der Waals surface area (Å²) in [6.45, 7) is 0. The Kier molecular flexibility index (Phi) is 3.59. The van der Waals surface area contributed by atoms with Crippen molar-refractivity contribution in [3.8, 4) is 0 Å². The van der Waals surface area contributed by atoms with Crippen LogP contribution < -0.4 is 0 Å². The molecule has 0 radical (unpaired) electrons. The highest BCUT2D eigenvalue weighted by molar-refractivity contribution is 5.92. The Hall–Kier alpha value is -2.24. The molecule has 0 unspecified atom stereocenters. The molecule has 0 amide bonds. The molecule has 1 heterocycles. The highest BCUT2D eigenvalue weighted by atomic mass is 16.9. The van der Waals surface area contributed by atoms with Gasteiger partial charge in [-0.15, -0.1) is 0 Å². The second-order valence-corrected chi connectivity index (χ2v) is 4.45. The van der Waals surface area contributed by atoms with Crippen LogP contribution in [0.1, 0.15) is 11.5 Å². The van der Waals surface area contributed by atoms with E-state index in [0.717, 1.165) is 5.56 Å². The summed E-state index contributed by atoms with van der Waals surface area (Å²) < 4.78 is 4.70. The minimum absolute atomic E-state index is 0.376. The van der Waals surface area contributed by atoms with E-state index >= 15 is 0 Å². The second kappa shape index (κ2) is 5.17. The Balaban J connectivity index is 2.44. The highest BCUT2D eigenvalue weighted by Crippen LogP contribution is 2.30. The van der Waals surface area contributed by atoms with Gasteiger partial charge in [-0.3, -0.25) is 9.69 Å². The van der Waals surface area contributed by atoms with Gasteiger partial charge in [0, 0.05) is 0 Å². The molecule has 6 heteroatoms. The van der Waals surface area contributed by atoms with E-state index in [1.807, 2.05) is 30.3 Å². The Morgan fingerprint density at radius 2 is 2.00 bits per heavy atom. The van der Waals surface area contributed by atoms with Gasteiger partial charge in [-0.1, -0.05) is 30.3 Å². The largest absolute Gasteiger partial charge is 0.468 e. The number of likely N-dealkylation sites (N-methyl/N-ethyl adjacent to an activating group) is 1. The molecule has 0 spiro atoms. The minimum Gasteiger partial charge on any atom is -0.468 e. The van der Waals surface area contributed by atoms with Crippen molar-refractivity contribution in [3.05, 3.63) is 41.1 Å². The van der Waals surface area contributed by atoms with Crippen molar-refractivity contribution in [2.45, 2.75) is 12.0 Å². The smallest absolute Gasteiger partial charge is 0.324 e. The molecular weight excluding hydrogens is 248 g/mol. The van der Waals surface area contributed by atoms with E-state index in [9.17, 15) is 10.0 Å². The van der Waals surface area contributed by atoms with Gasteiger partial charge in [0.1, 0.15) is 5.92 Å². The summed E-state index contributed by atoms with van der Waals surface area (Å²) in [6.07, 6.45) is -0.956. The van der Waals surface area contributed by atoms with Gasteiger partial charge in [0.25, 0.3) is 0 Å². The Morgan fingerprint density at radius 1 is 1.37 bits per heavy atom. The third-order valence-electron chi connectivity index (χ3n) is 3.03. The number of amidine groups is 1. The number of benzene rings is 1. The maximum absolute atomic E-state index is 11.8. The number of hydrogen-bond acceptors (Lipinski definition) is 5. The monoisotopic (exact) mass is 264 g/mol. The van der Waals surface area contributed by atoms with Gasteiger partial charge in [-0.05, 0) is 10.5 Å². The zero-order valence-electron chi connectivity index (χ0n) is 11.1. The molecule has 0 bridgehead atoms. The summed E-state index contributed by atoms with van der Waals surface area (Å²) in [4.78, 5) is 18.9. The SMILES string of the molecule is COC(=O)[C@@H]1O[N+]([O-])=C(N(C)C)[C@H]1c1ccccc1. The highest BCUT2D eigenvalue weighted by Gasteiger charge is 2.45. The Bertz CT molecular complexity index is 499. The van der Waals surface area contributed by atoms with Crippen molar-refractivity contribution in [1.29, 1.82) is 0 Å². The van der Waals surface area contributed by atoms with Crippen LogP contribution in [0.3, 0.4) is 0 Å². The lowest BCUT2D eigenvalue weighted by atomic mass is 9.92. The molecule has 1 aromatic carbocycles. The summed E-state index contributed by atoms with van der Waals surface area (Å²) in [7, 11) is 4.74. The topological polar surface area (TPSA) is 64.8 Å². The number of carbonyl (C=O) groups is 1. The van der Waals surface area contributed by atoms with Crippen LogP contribution >= 0.6 is 0 Å². The van der Waals surface area contributed by atoms with Crippen molar-refractivity contribution in [2.24, 2.45) is 0 Å². The van der Waals surface area contributed by atoms with Gasteiger partial charge in [-0.25, -0.2) is 0 Å². The average Bonchev–Trinajstić information content (AvgIpc) is 2.76. The number of hydrogen-bond donors (Lipinski definition) is 0. The van der Waals surface area contributed by atoms with E-state index in [-0.39, 0.29) is 0 Å². The molecule has 0 saturated heterocycles. The molecule has 6 nitrogen and oxygen atoms in total. The van der Waals surface area contributed by atoms with Crippen LogP contribution in [0.2, 0.25) is 0 Å². The molecule has 0 N–H and O–H groups in total. The van der Waals surface area contributed by atoms with Gasteiger partial charge >= 0.3 is 11.8 Å². The van der Waals surface area contributed by atoms with Gasteiger partial charge in [0.05, 0.1) is 21.2 Å². The first kappa shape index (κ1) is 13.2. The quantitative estimate of drug-likeness (QED) is 0.582. The first-order chi connectivity index (χ1) is 9.06. The van der Waals surface area contributed by atoms with Gasteiger partial charge in [0.15, 0.2) is 6.10 Å². The molecule has 2 rings (SSSR count). The lowest BCUT2D eigenvalue weighted by molar-refractivity contribution is -0.739. The molecule has 1 aromatic rings. The van der Waals surface area contributed by atoms with E-state index in [0.29, 0.717) is 10.7 Å². The number of nitrogens with zero attached hydrogens (tertiary/aromatic N) is 2. The van der Waals surface area contributed by atoms with Crippen LogP contribution in [-0.2, 0) is 14.4 Å². The zero-order chi connectivity index (χ0) is 14.0. The summed E-state index contributed by atoms with van der Waals surface area (Å²) in [5, 5.41) is 11.8. The summed E-state index contributed by atoms with van der Waals surface area (Å²) >= 11 is 0. The van der Waals surface area contributed by atoms with Crippen molar-refractivity contribution >= 4 is 11.8 Å². The number of methoxy groups -OCH3 is 1. The van der Waals surface area contributed by atoms with E-state index in [1.54, 1.807) is 19.0 Å². The molecule has 1 aliphatic rings. The molecule has 0 aliphatic carbocycles. The van der Waals surface area contributed by atoms with Gasteiger partial charge < -0.3 is 14.8 Å². The summed E-state index contributed by atoms with van der Waals surface area (Å²) in [6, 6.07) is 9.28. The Morgan fingerprint density at radius 3 is 2.53 bits per heavy atom. The van der Waals surface area contributed by atoms with Gasteiger partial charge in [0.2, 0.25) is 0 Å². The maximum atomic E-state index is 11.8. The molecule has 2 atom stereocenters. The fraction of sp³-hybridized carbons (Fsp3) is 0.385. The number of rotatable bonds is 2. The maximum Gasteiger partial charge on any atom is 0.324 e. The van der Waals surface area contributed by atoms with Crippen LogP contribution in [0, 0.1) is 5.21 Å². The average molecular weight is 264 g/mol. The predicted molar refractivity (Wildman–Crippen MR) is 68.4 cm³/mol. The molecule has 0 aromatic heterocycles. The number of esters is 1. The molecule has 19 heavy (non-hydrogen) atoms. The van der Waals surface area contributed by atoms with Crippen LogP contribution in [0.5, 0.6) is 0 Å². The first-order valence-corrected chi connectivity index (χ1v) is 5.87. The fourth-order valence-electron chi connectivity index (χ4n) is 2.19. The van der Waals surface area contributed by atoms with E-state index < -0.39 is 18.0 Å². The zero-order valence-corrected chi connectivity index (χ0v) is 11.1. The van der Waals surface area contributed by atoms with Crippen LogP contribution in [0.25, 0.3) is 0 Å². The van der Waals surface area contributed by atoms with Crippen molar-refractivity contribution in [2.75, 3.05) is 21.2 Å². The molecule has 0 fully saturated rings. The lowest BCUT2D eigenvalue weighted by Gasteiger charge is -2.19. The van der Waals surface area contributed by atoms with Crippen molar-refractivity contribution in [1.82, 2.24) is 4.90 Å². The third kappa shape index (κ3) is 2.33. The summed E-state index contributed by atoms with van der Waals surface area (Å²) in [5.41, 5.74) is 0.833. The lowest BCUT2D eigenvalue weighted by Crippen LogP contribution is -2.35. The fourth-order valence-corrected chi connectivity index (χ4v) is 2.19.